The molecule has 8 N–H and O–H groups in total. The van der Waals surface area contributed by atoms with E-state index in [-0.39, 0.29) is 5.78 Å². The van der Waals surface area contributed by atoms with Gasteiger partial charge in [0.25, 0.3) is 0 Å². The Labute approximate surface area is 678 Å². The van der Waals surface area contributed by atoms with Crippen molar-refractivity contribution >= 4 is 95.9 Å². The van der Waals surface area contributed by atoms with Gasteiger partial charge in [0.2, 0.25) is 0 Å². The number of hydrogen-bond donors (Lipinski definition) is 8. The van der Waals surface area contributed by atoms with Crippen LogP contribution in [-0.2, 0) is 0 Å². The monoisotopic (exact) mass is 1550 g/mol. The van der Waals surface area contributed by atoms with Crippen LogP contribution in [0.3, 0.4) is 0 Å². The van der Waals surface area contributed by atoms with E-state index in [1.807, 2.05) is 200 Å². The molecule has 0 amide bonds. The van der Waals surface area contributed by atoms with Crippen LogP contribution in [0.15, 0.2) is 311 Å². The molecule has 0 atom stereocenters. The van der Waals surface area contributed by atoms with Gasteiger partial charge in [0.15, 0.2) is 22.7 Å². The van der Waals surface area contributed by atoms with Gasteiger partial charge < -0.3 is 45.2 Å². The fraction of sp³-hybridized carbons (Fsp3) is 0.0638. The van der Waals surface area contributed by atoms with Gasteiger partial charge in [-0.1, -0.05) is 218 Å². The zero-order chi connectivity index (χ0) is 80.7. The Kier molecular flexibility index (Phi) is 22.6. The molecule has 24 heteroatoms. The molecule has 0 aliphatic heterocycles. The topological polar surface area (TPSA) is 307 Å². The van der Waals surface area contributed by atoms with E-state index in [1.165, 1.54) is 25.3 Å². The molecule has 0 aliphatic carbocycles. The van der Waals surface area contributed by atoms with Crippen LogP contribution < -0.4 is 40.2 Å². The van der Waals surface area contributed by atoms with E-state index in [1.54, 1.807) is 41.4 Å². The molecule has 0 unspecified atom stereocenters. The number of Topliss-reactive ketones (excluding diaryl/α,β-unsaturated/α-hetero) is 1. The van der Waals surface area contributed by atoms with Gasteiger partial charge in [-0.05, 0) is 125 Å². The lowest BCUT2D eigenvalue weighted by Gasteiger charge is -2.14. The molecule has 0 spiro atoms. The quantitative estimate of drug-likeness (QED) is 0.0329. The minimum Gasteiger partial charge on any atom is -0.495 e. The van der Waals surface area contributed by atoms with Crippen molar-refractivity contribution in [3.05, 3.63) is 322 Å². The van der Waals surface area contributed by atoms with E-state index in [9.17, 15) is 4.79 Å². The van der Waals surface area contributed by atoms with E-state index in [0.29, 0.717) is 45.7 Å². The fourth-order valence-corrected chi connectivity index (χ4v) is 13.8. The second-order valence-corrected chi connectivity index (χ2v) is 27.0. The molecule has 24 nitrogen and oxygen atoms in total. The number of hydrogen-bond acceptors (Lipinski definition) is 20. The predicted octanol–water partition coefficient (Wildman–Crippen LogP) is 21.2. The molecule has 0 fully saturated rings. The number of H-pyrrole nitrogens is 4. The van der Waals surface area contributed by atoms with Crippen molar-refractivity contribution in [1.29, 1.82) is 0 Å². The first-order valence-corrected chi connectivity index (χ1v) is 37.7. The normalized spacial score (nSPS) is 10.8. The summed E-state index contributed by atoms with van der Waals surface area (Å²) in [7, 11) is 6.61. The maximum Gasteiger partial charge on any atom is 0.186 e. The van der Waals surface area contributed by atoms with Gasteiger partial charge in [0.1, 0.15) is 77.2 Å². The number of methoxy groups -OCH3 is 4. The van der Waals surface area contributed by atoms with Gasteiger partial charge in [-0.15, -0.1) is 0 Å². The van der Waals surface area contributed by atoms with E-state index >= 15 is 0 Å². The molecule has 0 radical (unpaired) electrons. The van der Waals surface area contributed by atoms with E-state index < -0.39 is 0 Å². The second kappa shape index (κ2) is 35.2. The molecule has 8 heterocycles. The maximum absolute atomic E-state index is 11.9. The molecule has 0 saturated carbocycles. The molecule has 0 aliphatic rings. The van der Waals surface area contributed by atoms with Crippen molar-refractivity contribution in [2.75, 3.05) is 49.7 Å². The number of aryl methyl sites for hydroxylation is 1. The van der Waals surface area contributed by atoms with Crippen LogP contribution in [0.2, 0.25) is 0 Å². The van der Waals surface area contributed by atoms with Gasteiger partial charge in [-0.3, -0.25) is 20.1 Å². The van der Waals surface area contributed by atoms with Gasteiger partial charge in [-0.2, -0.15) is 15.3 Å². The summed E-state index contributed by atoms with van der Waals surface area (Å²) in [6, 6.07) is 92.5. The first-order valence-electron chi connectivity index (χ1n) is 37.7. The number of carbonyl (C=O) groups is 1. The highest BCUT2D eigenvalue weighted by Crippen LogP contribution is 2.42. The number of carbonyl (C=O) groups excluding carboxylic acids is 1. The molecule has 19 aromatic rings. The van der Waals surface area contributed by atoms with Gasteiger partial charge in [0.05, 0.1) is 89.8 Å². The number of nitrogens with zero attached hydrogens (tertiary/aromatic N) is 11. The number of nitrogens with one attached hydrogen (secondary N) is 8. The summed E-state index contributed by atoms with van der Waals surface area (Å²) in [5, 5.41) is 39.4. The standard InChI is InChI=1S/C26H21N5O2.C25H21N5O.C24H19N5O.C19H16N4O/c1-16(32)18-9-6-10-20(13-18)24-23-25(27-15-28-26(23)31-30-24)29-21-14-19(11-12-22(21)33-2)17-7-4-3-5-8-17;1-16-8-6-7-11-19(16)23-22-24(26-15-27-25(22)30-29-23)28-20-14-18(12-13-21(20)31-2)17-9-4-3-5-10-17;1-30-20-13-12-18(16-8-4-2-5-9-16)14-19(20)27-23-21-22(17-10-6-3-7-11-17)28-29-24(21)26-15-25-23;1-24-17-8-7-14(13-5-3-2-4-6-13)11-16(17)23-19-15-9-10-20-18(15)21-12-22-19/h3-15H,1-2H3,(H2,27,28,29,30,31);3-15H,1-2H3,(H2,26,27,28,29,30);2-15H,1H3,(H2,25,26,27,28,29);2-12H,1H3,(H2,20,21,22,23). The van der Waals surface area contributed by atoms with Crippen LogP contribution in [-0.4, -0.2) is 110 Å². The number of anilines is 8. The summed E-state index contributed by atoms with van der Waals surface area (Å²) in [4.78, 5) is 50.0. The summed E-state index contributed by atoms with van der Waals surface area (Å²) in [6.07, 6.45) is 7.88. The Morgan fingerprint density at radius 2 is 0.653 bits per heavy atom. The minimum atomic E-state index is -0.00210. The zero-order valence-electron chi connectivity index (χ0n) is 64.9. The number of ether oxygens (including phenoxy) is 4. The third-order valence-corrected chi connectivity index (χ3v) is 19.7. The number of ketones is 1. The number of fused-ring (bicyclic) bond motifs is 4. The molecule has 8 aromatic heterocycles. The van der Waals surface area contributed by atoms with Crippen molar-refractivity contribution < 1.29 is 23.7 Å². The van der Waals surface area contributed by atoms with Crippen molar-refractivity contribution in [2.24, 2.45) is 0 Å². The van der Waals surface area contributed by atoms with Gasteiger partial charge in [0, 0.05) is 28.5 Å². The average Bonchev–Trinajstić information content (AvgIpc) is 1.60. The maximum atomic E-state index is 11.9. The third-order valence-electron chi connectivity index (χ3n) is 19.7. The first-order chi connectivity index (χ1) is 58.1. The van der Waals surface area contributed by atoms with Crippen LogP contribution in [0.4, 0.5) is 46.0 Å². The smallest absolute Gasteiger partial charge is 0.186 e. The first kappa shape index (κ1) is 75.8. The fourth-order valence-electron chi connectivity index (χ4n) is 13.8. The number of aromatic nitrogens is 15. The summed E-state index contributed by atoms with van der Waals surface area (Å²) >= 11 is 0. The van der Waals surface area contributed by atoms with Crippen molar-refractivity contribution in [2.45, 2.75) is 13.8 Å². The Hall–Kier alpha value is -16.2. The molecule has 0 bridgehead atoms. The highest BCUT2D eigenvalue weighted by Gasteiger charge is 2.22. The predicted molar refractivity (Wildman–Crippen MR) is 467 cm³/mol. The summed E-state index contributed by atoms with van der Waals surface area (Å²) < 4.78 is 22.3. The average molecular weight is 1550 g/mol. The number of rotatable bonds is 20. The molecular formula is C94H77N19O5. The molecular weight excluding hydrogens is 1480 g/mol. The van der Waals surface area contributed by atoms with Crippen molar-refractivity contribution in [1.82, 2.24) is 75.4 Å². The lowest BCUT2D eigenvalue weighted by molar-refractivity contribution is 0.101. The minimum absolute atomic E-state index is 0.00210. The van der Waals surface area contributed by atoms with Crippen LogP contribution in [0, 0.1) is 6.92 Å². The van der Waals surface area contributed by atoms with Crippen LogP contribution in [0.5, 0.6) is 23.0 Å². The van der Waals surface area contributed by atoms with Gasteiger partial charge >= 0.3 is 0 Å². The summed E-state index contributed by atoms with van der Waals surface area (Å²) in [5.41, 5.74) is 21.8. The molecule has 11 aromatic carbocycles. The molecule has 578 valence electrons. The van der Waals surface area contributed by atoms with Crippen LogP contribution >= 0.6 is 0 Å². The van der Waals surface area contributed by atoms with Crippen molar-refractivity contribution in [3.8, 4) is 101 Å². The zero-order valence-corrected chi connectivity index (χ0v) is 64.9. The second-order valence-electron chi connectivity index (χ2n) is 27.0. The Balaban J connectivity index is 0.000000118. The SMILES string of the molecule is COc1ccc(-c2ccccc2)cc1Nc1ncnc2[nH]ccc12.COc1ccc(-c2ccccc2)cc1Nc1ncnc2n[nH]c(-c3cccc(C(C)=O)c3)c12.COc1ccc(-c2ccccc2)cc1Nc1ncnc2n[nH]c(-c3ccccc3)c12.COc1ccc(-c2ccccc2)cc1Nc1ncnc2n[nH]c(-c3ccccc3C)c12. The Morgan fingerprint density at radius 3 is 1.05 bits per heavy atom. The molecule has 0 saturated heterocycles. The number of aromatic amines is 4. The van der Waals surface area contributed by atoms with Gasteiger partial charge in [-0.25, -0.2) is 39.9 Å². The third kappa shape index (κ3) is 16.6. The lowest BCUT2D eigenvalue weighted by Crippen LogP contribution is -1.99. The van der Waals surface area contributed by atoms with Crippen LogP contribution in [0.25, 0.3) is 122 Å². The Bertz CT molecular complexity index is 6710. The largest absolute Gasteiger partial charge is 0.495 e. The molecule has 19 rings (SSSR count). The summed E-state index contributed by atoms with van der Waals surface area (Å²) in [5.74, 6) is 5.56. The van der Waals surface area contributed by atoms with E-state index in [0.717, 1.165) is 157 Å². The highest BCUT2D eigenvalue weighted by atomic mass is 16.5. The highest BCUT2D eigenvalue weighted by molar-refractivity contribution is 6.04. The van der Waals surface area contributed by atoms with E-state index in [2.05, 4.69) is 183 Å². The van der Waals surface area contributed by atoms with E-state index in [4.69, 9.17) is 18.9 Å². The Morgan fingerprint density at radius 1 is 0.314 bits per heavy atom. The van der Waals surface area contributed by atoms with Crippen LogP contribution in [0.1, 0.15) is 22.8 Å². The molecule has 118 heavy (non-hydrogen) atoms. The number of benzene rings is 11. The van der Waals surface area contributed by atoms with Crippen molar-refractivity contribution in [3.63, 3.8) is 0 Å². The summed E-state index contributed by atoms with van der Waals surface area (Å²) in [6.45, 7) is 3.62. The lowest BCUT2D eigenvalue weighted by atomic mass is 10.0.